The van der Waals surface area contributed by atoms with Crippen LogP contribution in [0.3, 0.4) is 0 Å². The Morgan fingerprint density at radius 3 is 2.47 bits per heavy atom. The van der Waals surface area contributed by atoms with E-state index in [4.69, 9.17) is 44.3 Å². The van der Waals surface area contributed by atoms with Gasteiger partial charge in [0.05, 0.1) is 22.8 Å². The summed E-state index contributed by atoms with van der Waals surface area (Å²) >= 11 is 18.9. The van der Waals surface area contributed by atoms with Crippen LogP contribution in [0.15, 0.2) is 41.4 Å². The van der Waals surface area contributed by atoms with Crippen molar-refractivity contribution < 1.29 is 28.5 Å². The van der Waals surface area contributed by atoms with Crippen LogP contribution in [0.25, 0.3) is 11.3 Å². The molecule has 4 rings (SSSR count). The summed E-state index contributed by atoms with van der Waals surface area (Å²) in [4.78, 5) is 0.722. The fourth-order valence-electron chi connectivity index (χ4n) is 3.65. The zero-order valence-electron chi connectivity index (χ0n) is 17.4. The molecule has 1 saturated heterocycles. The van der Waals surface area contributed by atoms with Crippen LogP contribution >= 0.6 is 46.6 Å². The number of aromatic nitrogens is 3. The minimum Gasteiger partial charge on any atom is -0.394 e. The lowest BCUT2D eigenvalue weighted by Crippen LogP contribution is -2.55. The lowest BCUT2D eigenvalue weighted by atomic mass is 9.97. The lowest BCUT2D eigenvalue weighted by molar-refractivity contribution is -0.186. The number of aliphatic hydroxyl groups is 2. The Balaban J connectivity index is 1.67. The maximum absolute atomic E-state index is 13.9. The minimum atomic E-state index is -1.23. The zero-order valence-corrected chi connectivity index (χ0v) is 20.5. The Morgan fingerprint density at radius 2 is 1.85 bits per heavy atom. The van der Waals surface area contributed by atoms with Crippen molar-refractivity contribution in [2.24, 2.45) is 0 Å². The SMILES string of the molecule is CO[C@@H]1C(n2cc(-c3cc(F)c(Cl)c(F)c3)nn2)[C@@H](O)C(CO)O[C@@H]1Sc1ccc(Cl)c(Cl)c1. The average Bonchev–Trinajstić information content (AvgIpc) is 3.30. The quantitative estimate of drug-likeness (QED) is 0.432. The summed E-state index contributed by atoms with van der Waals surface area (Å²) in [7, 11) is 1.44. The van der Waals surface area contributed by atoms with E-state index in [1.165, 1.54) is 29.8 Å². The summed E-state index contributed by atoms with van der Waals surface area (Å²) in [5.41, 5.74) is -0.426. The Bertz CT molecular complexity index is 1160. The molecule has 7 nitrogen and oxygen atoms in total. The maximum Gasteiger partial charge on any atom is 0.145 e. The predicted octanol–water partition coefficient (Wildman–Crippen LogP) is 4.61. The highest BCUT2D eigenvalue weighted by molar-refractivity contribution is 7.99. The average molecular weight is 553 g/mol. The van der Waals surface area contributed by atoms with E-state index in [1.807, 2.05) is 0 Å². The molecule has 0 spiro atoms. The van der Waals surface area contributed by atoms with Crippen LogP contribution in [0.5, 0.6) is 0 Å². The third-order valence-electron chi connectivity index (χ3n) is 5.34. The van der Waals surface area contributed by atoms with Gasteiger partial charge >= 0.3 is 0 Å². The number of methoxy groups -OCH3 is 1. The Kier molecular flexibility index (Phi) is 8.00. The van der Waals surface area contributed by atoms with Crippen LogP contribution in [-0.2, 0) is 9.47 Å². The summed E-state index contributed by atoms with van der Waals surface area (Å²) < 4.78 is 40.7. The van der Waals surface area contributed by atoms with Crippen molar-refractivity contribution in [1.82, 2.24) is 15.0 Å². The molecule has 3 aromatic rings. The molecule has 2 unspecified atom stereocenters. The zero-order chi connectivity index (χ0) is 24.6. The Morgan fingerprint density at radius 1 is 1.15 bits per heavy atom. The van der Waals surface area contributed by atoms with Crippen molar-refractivity contribution in [1.29, 1.82) is 0 Å². The molecule has 0 aliphatic carbocycles. The summed E-state index contributed by atoms with van der Waals surface area (Å²) in [6.07, 6.45) is -1.53. The largest absolute Gasteiger partial charge is 0.394 e. The van der Waals surface area contributed by atoms with Crippen LogP contribution in [-0.4, -0.2) is 62.7 Å². The van der Waals surface area contributed by atoms with Gasteiger partial charge in [-0.2, -0.15) is 0 Å². The Labute approximate surface area is 212 Å². The number of aliphatic hydroxyl groups excluding tert-OH is 2. The van der Waals surface area contributed by atoms with Gasteiger partial charge in [0.1, 0.15) is 52.1 Å². The molecule has 2 heterocycles. The molecule has 1 fully saturated rings. The third-order valence-corrected chi connectivity index (χ3v) is 7.57. The number of hydrogen-bond acceptors (Lipinski definition) is 7. The topological polar surface area (TPSA) is 89.6 Å². The second-order valence-electron chi connectivity index (χ2n) is 7.44. The van der Waals surface area contributed by atoms with E-state index in [9.17, 15) is 19.0 Å². The Hall–Kier alpha value is -1.50. The first-order valence-corrected chi connectivity index (χ1v) is 11.9. The number of halogens is 5. The first kappa shape index (κ1) is 25.6. The first-order chi connectivity index (χ1) is 16.2. The number of rotatable bonds is 6. The maximum atomic E-state index is 13.9. The van der Waals surface area contributed by atoms with Gasteiger partial charge in [0.25, 0.3) is 0 Å². The normalized spacial score (nSPS) is 25.0. The molecule has 34 heavy (non-hydrogen) atoms. The molecular formula is C21H18Cl3F2N3O4S. The fraction of sp³-hybridized carbons (Fsp3) is 0.333. The molecule has 0 amide bonds. The van der Waals surface area contributed by atoms with Gasteiger partial charge in [0, 0.05) is 17.6 Å². The lowest BCUT2D eigenvalue weighted by Gasteiger charge is -2.43. The molecule has 13 heteroatoms. The molecule has 5 atom stereocenters. The summed E-state index contributed by atoms with van der Waals surface area (Å²) in [6, 6.07) is 6.27. The highest BCUT2D eigenvalue weighted by atomic mass is 35.5. The van der Waals surface area contributed by atoms with Crippen molar-refractivity contribution in [3.05, 3.63) is 63.2 Å². The number of nitrogens with zero attached hydrogens (tertiary/aromatic N) is 3. The van der Waals surface area contributed by atoms with Gasteiger partial charge in [0.2, 0.25) is 0 Å². The van der Waals surface area contributed by atoms with E-state index in [-0.39, 0.29) is 11.3 Å². The summed E-state index contributed by atoms with van der Waals surface area (Å²) in [6.45, 7) is -0.471. The van der Waals surface area contributed by atoms with E-state index >= 15 is 0 Å². The standard InChI is InChI=1S/C21H18Cl3F2N3O4S/c1-32-20-18(29-7-15(27-28-29)9-4-13(25)17(24)14(26)5-9)19(31)16(8-30)33-21(20)34-10-2-3-11(22)12(23)6-10/h2-7,16,18-21,30-31H,8H2,1H3/t16?,18?,19-,20+,21+/m0/s1. The van der Waals surface area contributed by atoms with Gasteiger partial charge in [-0.05, 0) is 30.3 Å². The van der Waals surface area contributed by atoms with Crippen molar-refractivity contribution >= 4 is 46.6 Å². The van der Waals surface area contributed by atoms with Crippen molar-refractivity contribution in [2.75, 3.05) is 13.7 Å². The first-order valence-electron chi connectivity index (χ1n) is 9.89. The fourth-order valence-corrected chi connectivity index (χ4v) is 5.33. The van der Waals surface area contributed by atoms with Gasteiger partial charge in [-0.25, -0.2) is 13.5 Å². The van der Waals surface area contributed by atoms with E-state index in [0.717, 1.165) is 17.0 Å². The molecular weight excluding hydrogens is 535 g/mol. The van der Waals surface area contributed by atoms with Crippen LogP contribution in [0.4, 0.5) is 8.78 Å². The highest BCUT2D eigenvalue weighted by Crippen LogP contribution is 2.41. The second kappa shape index (κ2) is 10.6. The van der Waals surface area contributed by atoms with Crippen molar-refractivity contribution in [2.45, 2.75) is 34.7 Å². The van der Waals surface area contributed by atoms with Gasteiger partial charge in [-0.3, -0.25) is 0 Å². The minimum absolute atomic E-state index is 0.113. The molecule has 0 bridgehead atoms. The van der Waals surface area contributed by atoms with Gasteiger partial charge < -0.3 is 19.7 Å². The third kappa shape index (κ3) is 5.05. The van der Waals surface area contributed by atoms with Gasteiger partial charge in [-0.15, -0.1) is 5.10 Å². The van der Waals surface area contributed by atoms with E-state index in [0.29, 0.717) is 10.0 Å². The smallest absolute Gasteiger partial charge is 0.145 e. The highest BCUT2D eigenvalue weighted by Gasteiger charge is 2.47. The molecule has 1 aliphatic heterocycles. The molecule has 0 radical (unpaired) electrons. The van der Waals surface area contributed by atoms with E-state index < -0.39 is 53.1 Å². The summed E-state index contributed by atoms with van der Waals surface area (Å²) in [5.74, 6) is -1.88. The molecule has 0 saturated carbocycles. The van der Waals surface area contributed by atoms with Crippen LogP contribution in [0.2, 0.25) is 15.1 Å². The monoisotopic (exact) mass is 551 g/mol. The van der Waals surface area contributed by atoms with Gasteiger partial charge in [-0.1, -0.05) is 51.8 Å². The second-order valence-corrected chi connectivity index (χ2v) is 9.80. The van der Waals surface area contributed by atoms with Crippen molar-refractivity contribution in [3.8, 4) is 11.3 Å². The van der Waals surface area contributed by atoms with Crippen molar-refractivity contribution in [3.63, 3.8) is 0 Å². The number of benzene rings is 2. The van der Waals surface area contributed by atoms with Crippen LogP contribution < -0.4 is 0 Å². The van der Waals surface area contributed by atoms with E-state index in [1.54, 1.807) is 18.2 Å². The number of thioether (sulfide) groups is 1. The summed E-state index contributed by atoms with van der Waals surface area (Å²) in [5, 5.41) is 28.9. The van der Waals surface area contributed by atoms with Crippen LogP contribution in [0.1, 0.15) is 6.04 Å². The number of hydrogen-bond donors (Lipinski definition) is 2. The van der Waals surface area contributed by atoms with E-state index in [2.05, 4.69) is 10.3 Å². The number of ether oxygens (including phenoxy) is 2. The molecule has 2 aromatic carbocycles. The molecule has 1 aromatic heterocycles. The molecule has 182 valence electrons. The predicted molar refractivity (Wildman–Crippen MR) is 124 cm³/mol. The molecule has 2 N–H and O–H groups in total. The van der Waals surface area contributed by atoms with Gasteiger partial charge in [0.15, 0.2) is 0 Å². The molecule has 1 aliphatic rings. The van der Waals surface area contributed by atoms with Crippen LogP contribution in [0, 0.1) is 11.6 Å².